The zero-order valence-electron chi connectivity index (χ0n) is 19.3. The van der Waals surface area contributed by atoms with E-state index in [2.05, 4.69) is 5.32 Å². The van der Waals surface area contributed by atoms with Gasteiger partial charge in [-0.1, -0.05) is 71.2 Å². The minimum absolute atomic E-state index is 0.107. The summed E-state index contributed by atoms with van der Waals surface area (Å²) in [7, 11) is 0. The van der Waals surface area contributed by atoms with Crippen LogP contribution in [0.3, 0.4) is 0 Å². The number of carbonyl (C=O) groups excluding carboxylic acids is 2. The summed E-state index contributed by atoms with van der Waals surface area (Å²) < 4.78 is 0. The first-order valence-electron chi connectivity index (χ1n) is 11.3. The molecule has 0 unspecified atom stereocenters. The topological polar surface area (TPSA) is 49.4 Å². The van der Waals surface area contributed by atoms with Crippen molar-refractivity contribution in [3.63, 3.8) is 0 Å². The van der Waals surface area contributed by atoms with Gasteiger partial charge in [0.25, 0.3) is 0 Å². The largest absolute Gasteiger partial charge is 0.355 e. The van der Waals surface area contributed by atoms with E-state index in [4.69, 9.17) is 34.8 Å². The van der Waals surface area contributed by atoms with Crippen LogP contribution in [0, 0.1) is 0 Å². The molecule has 3 aromatic carbocycles. The van der Waals surface area contributed by atoms with Crippen LogP contribution in [0.15, 0.2) is 77.7 Å². The van der Waals surface area contributed by atoms with E-state index in [1.807, 2.05) is 67.6 Å². The van der Waals surface area contributed by atoms with Crippen LogP contribution in [-0.4, -0.2) is 35.1 Å². The normalized spacial score (nSPS) is 11.7. The van der Waals surface area contributed by atoms with Crippen molar-refractivity contribution in [2.45, 2.75) is 37.2 Å². The second-order valence-electron chi connectivity index (χ2n) is 7.92. The van der Waals surface area contributed by atoms with E-state index in [-0.39, 0.29) is 24.8 Å². The van der Waals surface area contributed by atoms with Gasteiger partial charge in [0.05, 0.1) is 10.0 Å². The van der Waals surface area contributed by atoms with Crippen molar-refractivity contribution in [3.8, 4) is 0 Å². The molecule has 0 aromatic heterocycles. The molecule has 8 heteroatoms. The number of halogens is 3. The lowest BCUT2D eigenvalue weighted by molar-refractivity contribution is -0.140. The molecule has 0 spiro atoms. The summed E-state index contributed by atoms with van der Waals surface area (Å²) in [5, 5.41) is 4.42. The number of hydrogen-bond acceptors (Lipinski definition) is 3. The zero-order chi connectivity index (χ0) is 25.2. The van der Waals surface area contributed by atoms with Gasteiger partial charge < -0.3 is 10.2 Å². The molecule has 3 rings (SSSR count). The summed E-state index contributed by atoms with van der Waals surface area (Å²) in [6, 6.07) is 21.8. The second kappa shape index (κ2) is 13.8. The molecule has 2 amide bonds. The molecule has 1 N–H and O–H groups in total. The molecule has 0 saturated carbocycles. The number of benzene rings is 3. The smallest absolute Gasteiger partial charge is 0.243 e. The minimum atomic E-state index is -0.667. The van der Waals surface area contributed by atoms with Crippen molar-refractivity contribution in [2.75, 3.05) is 12.3 Å². The monoisotopic (exact) mass is 548 g/mol. The molecule has 0 aliphatic carbocycles. The fourth-order valence-corrected chi connectivity index (χ4v) is 4.90. The van der Waals surface area contributed by atoms with E-state index < -0.39 is 6.04 Å². The maximum atomic E-state index is 13.5. The highest BCUT2D eigenvalue weighted by Crippen LogP contribution is 2.25. The zero-order valence-corrected chi connectivity index (χ0v) is 22.4. The maximum Gasteiger partial charge on any atom is 0.243 e. The molecule has 0 fully saturated rings. The minimum Gasteiger partial charge on any atom is -0.355 e. The average molecular weight is 550 g/mol. The Hall–Kier alpha value is -2.18. The number of nitrogens with zero attached hydrogens (tertiary/aromatic N) is 1. The predicted molar refractivity (Wildman–Crippen MR) is 146 cm³/mol. The van der Waals surface area contributed by atoms with Crippen LogP contribution in [0.25, 0.3) is 0 Å². The third-order valence-electron chi connectivity index (χ3n) is 5.36. The van der Waals surface area contributed by atoms with Crippen LogP contribution in [0.4, 0.5) is 0 Å². The van der Waals surface area contributed by atoms with E-state index in [9.17, 15) is 9.59 Å². The number of likely N-dealkylation sites (N-methyl/N-ethyl adjacent to an activating group) is 1. The first-order valence-corrected chi connectivity index (χ1v) is 13.4. The van der Waals surface area contributed by atoms with Crippen LogP contribution in [0.1, 0.15) is 24.5 Å². The van der Waals surface area contributed by atoms with Crippen LogP contribution in [0.5, 0.6) is 0 Å². The lowest BCUT2D eigenvalue weighted by Crippen LogP contribution is -2.50. The van der Waals surface area contributed by atoms with Gasteiger partial charge in [-0.2, -0.15) is 0 Å². The van der Waals surface area contributed by atoms with Gasteiger partial charge in [-0.15, -0.1) is 11.8 Å². The fourth-order valence-electron chi connectivity index (χ4n) is 3.61. The number of hydrogen-bond donors (Lipinski definition) is 1. The van der Waals surface area contributed by atoms with Gasteiger partial charge in [0, 0.05) is 41.6 Å². The van der Waals surface area contributed by atoms with E-state index in [0.29, 0.717) is 33.8 Å². The lowest BCUT2D eigenvalue weighted by Gasteiger charge is -2.31. The summed E-state index contributed by atoms with van der Waals surface area (Å²) in [6.07, 6.45) is 0.684. The highest BCUT2D eigenvalue weighted by atomic mass is 35.5. The van der Waals surface area contributed by atoms with E-state index >= 15 is 0 Å². The van der Waals surface area contributed by atoms with E-state index in [0.717, 1.165) is 16.0 Å². The molecule has 0 saturated heterocycles. The van der Waals surface area contributed by atoms with Crippen LogP contribution >= 0.6 is 46.6 Å². The molecule has 0 heterocycles. The molecule has 0 radical (unpaired) electrons. The number of nitrogens with one attached hydrogen (secondary N) is 1. The van der Waals surface area contributed by atoms with Crippen molar-refractivity contribution in [2.24, 2.45) is 0 Å². The van der Waals surface area contributed by atoms with Gasteiger partial charge in [-0.25, -0.2) is 0 Å². The Kier molecular flexibility index (Phi) is 10.8. The lowest BCUT2D eigenvalue weighted by atomic mass is 10.0. The number of amides is 2. The predicted octanol–water partition coefficient (Wildman–Crippen LogP) is 6.91. The van der Waals surface area contributed by atoms with Gasteiger partial charge in [0.15, 0.2) is 0 Å². The Morgan fingerprint density at radius 1 is 0.914 bits per heavy atom. The van der Waals surface area contributed by atoms with Crippen LogP contribution in [-0.2, 0) is 22.6 Å². The Bertz CT molecular complexity index is 1130. The molecule has 1 atom stereocenters. The summed E-state index contributed by atoms with van der Waals surface area (Å²) in [5.41, 5.74) is 1.78. The van der Waals surface area contributed by atoms with Crippen molar-refractivity contribution in [1.82, 2.24) is 10.2 Å². The van der Waals surface area contributed by atoms with Crippen LogP contribution in [0.2, 0.25) is 15.1 Å². The average Bonchev–Trinajstić information content (AvgIpc) is 2.85. The summed E-state index contributed by atoms with van der Waals surface area (Å²) in [6.45, 7) is 2.59. The molecular formula is C27H27Cl3N2O2S. The highest BCUT2D eigenvalue weighted by molar-refractivity contribution is 7.99. The molecular weight excluding hydrogens is 523 g/mol. The van der Waals surface area contributed by atoms with Crippen molar-refractivity contribution in [3.05, 3.63) is 99.0 Å². The number of thioether (sulfide) groups is 1. The molecule has 0 bridgehead atoms. The van der Waals surface area contributed by atoms with Crippen LogP contribution < -0.4 is 5.32 Å². The van der Waals surface area contributed by atoms with Gasteiger partial charge in [-0.3, -0.25) is 9.59 Å². The molecule has 184 valence electrons. The third kappa shape index (κ3) is 8.46. The molecule has 3 aromatic rings. The Labute approximate surface area is 225 Å². The first-order chi connectivity index (χ1) is 16.9. The fraction of sp³-hybridized carbons (Fsp3) is 0.259. The molecule has 4 nitrogen and oxygen atoms in total. The van der Waals surface area contributed by atoms with Crippen molar-refractivity contribution < 1.29 is 9.59 Å². The number of carbonyl (C=O) groups is 2. The van der Waals surface area contributed by atoms with Gasteiger partial charge in [0.1, 0.15) is 6.04 Å². The van der Waals surface area contributed by atoms with Crippen molar-refractivity contribution in [1.29, 1.82) is 0 Å². The molecule has 0 aliphatic rings. The quantitative estimate of drug-likeness (QED) is 0.265. The van der Waals surface area contributed by atoms with E-state index in [1.165, 1.54) is 0 Å². The third-order valence-corrected chi connectivity index (χ3v) is 7.36. The standard InChI is InChI=1S/C27H27Cl3N2O2S/c1-2-31-27(34)25(17-19-6-4-3-5-7-19)32(18-20-8-13-23(29)24(30)16-20)26(33)14-15-35-22-11-9-21(28)10-12-22/h3-13,16,25H,2,14-15,17-18H2,1H3,(H,31,34)/t25-/m1/s1. The summed E-state index contributed by atoms with van der Waals surface area (Å²) >= 11 is 19.9. The molecule has 35 heavy (non-hydrogen) atoms. The number of rotatable bonds is 11. The summed E-state index contributed by atoms with van der Waals surface area (Å²) in [5.74, 6) is 0.283. The Morgan fingerprint density at radius 2 is 1.63 bits per heavy atom. The SMILES string of the molecule is CCNC(=O)[C@@H](Cc1ccccc1)N(Cc1ccc(Cl)c(Cl)c1)C(=O)CCSc1ccc(Cl)cc1. The van der Waals surface area contributed by atoms with E-state index in [1.54, 1.807) is 28.8 Å². The maximum absolute atomic E-state index is 13.5. The molecule has 0 aliphatic heterocycles. The van der Waals surface area contributed by atoms with Crippen molar-refractivity contribution >= 4 is 58.4 Å². The van der Waals surface area contributed by atoms with Gasteiger partial charge in [-0.05, 0) is 54.4 Å². The first kappa shape index (κ1) is 27.4. The second-order valence-corrected chi connectivity index (χ2v) is 10.3. The summed E-state index contributed by atoms with van der Waals surface area (Å²) in [4.78, 5) is 29.4. The Morgan fingerprint density at radius 3 is 2.29 bits per heavy atom. The highest BCUT2D eigenvalue weighted by Gasteiger charge is 2.30. The van der Waals surface area contributed by atoms with Gasteiger partial charge in [0.2, 0.25) is 11.8 Å². The Balaban J connectivity index is 1.84. The van der Waals surface area contributed by atoms with Gasteiger partial charge >= 0.3 is 0 Å².